The molecule has 0 bridgehead atoms. The average molecular weight is 316 g/mol. The molecule has 4 heteroatoms. The molecule has 1 rings (SSSR count). The summed E-state index contributed by atoms with van der Waals surface area (Å²) in [5, 5.41) is 0. The van der Waals surface area contributed by atoms with Crippen LogP contribution in [-0.4, -0.2) is 20.3 Å². The lowest BCUT2D eigenvalue weighted by Gasteiger charge is -2.14. The molecule has 0 heterocycles. The molecule has 1 aromatic rings. The molecule has 0 amide bonds. The normalized spacial score (nSPS) is 12.4. The van der Waals surface area contributed by atoms with Gasteiger partial charge in [-0.15, -0.1) is 0 Å². The summed E-state index contributed by atoms with van der Waals surface area (Å²) in [5.41, 5.74) is 7.29. The minimum atomic E-state index is 0.106. The van der Waals surface area contributed by atoms with Gasteiger partial charge in [0, 0.05) is 13.2 Å². The molecule has 18 heavy (non-hydrogen) atoms. The molecule has 0 aliphatic heterocycles. The summed E-state index contributed by atoms with van der Waals surface area (Å²) < 4.78 is 11.5. The van der Waals surface area contributed by atoms with Crippen LogP contribution in [0.25, 0.3) is 0 Å². The van der Waals surface area contributed by atoms with E-state index in [2.05, 4.69) is 22.9 Å². The first kappa shape index (κ1) is 15.5. The van der Waals surface area contributed by atoms with Gasteiger partial charge in [0.25, 0.3) is 0 Å². The molecule has 0 fully saturated rings. The Bertz CT molecular complexity index is 358. The van der Waals surface area contributed by atoms with Crippen LogP contribution in [0.5, 0.6) is 5.75 Å². The zero-order valence-electron chi connectivity index (χ0n) is 11.1. The van der Waals surface area contributed by atoms with Gasteiger partial charge in [-0.2, -0.15) is 0 Å². The minimum Gasteiger partial charge on any atom is -0.490 e. The predicted molar refractivity (Wildman–Crippen MR) is 78.0 cm³/mol. The van der Waals surface area contributed by atoms with E-state index >= 15 is 0 Å². The molecule has 1 unspecified atom stereocenters. The van der Waals surface area contributed by atoms with Crippen LogP contribution in [0.2, 0.25) is 0 Å². The third kappa shape index (κ3) is 4.96. The van der Waals surface area contributed by atoms with Crippen molar-refractivity contribution in [3.8, 4) is 5.75 Å². The fraction of sp³-hybridized carbons (Fsp3) is 0.571. The van der Waals surface area contributed by atoms with Gasteiger partial charge in [0.1, 0.15) is 12.4 Å². The van der Waals surface area contributed by atoms with E-state index in [0.29, 0.717) is 13.2 Å². The molecular weight excluding hydrogens is 294 g/mol. The van der Waals surface area contributed by atoms with Crippen molar-refractivity contribution in [2.75, 3.05) is 20.3 Å². The zero-order valence-corrected chi connectivity index (χ0v) is 12.7. The van der Waals surface area contributed by atoms with Crippen LogP contribution in [0.3, 0.4) is 0 Å². The standard InChI is InChI=1S/C14H22BrNO2/c1-3-4-5-13(16)11-6-7-14(12(15)10-11)18-9-8-17-2/h6-7,10,13H,3-5,8-9,16H2,1-2H3. The number of benzene rings is 1. The smallest absolute Gasteiger partial charge is 0.133 e. The summed E-state index contributed by atoms with van der Waals surface area (Å²) in [6.45, 7) is 3.32. The molecule has 0 saturated carbocycles. The Kier molecular flexibility index (Phi) is 7.32. The number of halogens is 1. The van der Waals surface area contributed by atoms with Gasteiger partial charge in [-0.25, -0.2) is 0 Å². The highest BCUT2D eigenvalue weighted by Crippen LogP contribution is 2.29. The van der Waals surface area contributed by atoms with E-state index < -0.39 is 0 Å². The Morgan fingerprint density at radius 2 is 2.11 bits per heavy atom. The largest absolute Gasteiger partial charge is 0.490 e. The van der Waals surface area contributed by atoms with Gasteiger partial charge < -0.3 is 15.2 Å². The number of unbranched alkanes of at least 4 members (excludes halogenated alkanes) is 1. The Morgan fingerprint density at radius 3 is 2.72 bits per heavy atom. The molecule has 0 aliphatic carbocycles. The van der Waals surface area contributed by atoms with Crippen molar-refractivity contribution in [3.63, 3.8) is 0 Å². The summed E-state index contributed by atoms with van der Waals surface area (Å²) in [6, 6.07) is 6.14. The molecule has 102 valence electrons. The number of ether oxygens (including phenoxy) is 2. The SMILES string of the molecule is CCCCC(N)c1ccc(OCCOC)c(Br)c1. The quantitative estimate of drug-likeness (QED) is 0.744. The van der Waals surface area contributed by atoms with E-state index in [9.17, 15) is 0 Å². The minimum absolute atomic E-state index is 0.106. The summed E-state index contributed by atoms with van der Waals surface area (Å²) in [6.07, 6.45) is 3.35. The molecule has 0 radical (unpaired) electrons. The molecule has 1 atom stereocenters. The number of nitrogens with two attached hydrogens (primary N) is 1. The second-order valence-corrected chi connectivity index (χ2v) is 5.13. The maximum Gasteiger partial charge on any atom is 0.133 e. The topological polar surface area (TPSA) is 44.5 Å². The molecule has 3 nitrogen and oxygen atoms in total. The van der Waals surface area contributed by atoms with E-state index in [1.165, 1.54) is 6.42 Å². The van der Waals surface area contributed by atoms with Gasteiger partial charge in [-0.3, -0.25) is 0 Å². The Hall–Kier alpha value is -0.580. The van der Waals surface area contributed by atoms with Crippen LogP contribution in [0, 0.1) is 0 Å². The van der Waals surface area contributed by atoms with Crippen LogP contribution >= 0.6 is 15.9 Å². The highest BCUT2D eigenvalue weighted by atomic mass is 79.9. The van der Waals surface area contributed by atoms with E-state index in [1.54, 1.807) is 7.11 Å². The Morgan fingerprint density at radius 1 is 1.33 bits per heavy atom. The lowest BCUT2D eigenvalue weighted by Crippen LogP contribution is -2.10. The number of hydrogen-bond donors (Lipinski definition) is 1. The second kappa shape index (κ2) is 8.51. The van der Waals surface area contributed by atoms with Crippen molar-refractivity contribution in [2.45, 2.75) is 32.2 Å². The van der Waals surface area contributed by atoms with Crippen LogP contribution in [-0.2, 0) is 4.74 Å². The highest BCUT2D eigenvalue weighted by molar-refractivity contribution is 9.10. The lowest BCUT2D eigenvalue weighted by atomic mass is 10.0. The van der Waals surface area contributed by atoms with Crippen LogP contribution in [0.15, 0.2) is 22.7 Å². The number of hydrogen-bond acceptors (Lipinski definition) is 3. The van der Waals surface area contributed by atoms with Crippen molar-refractivity contribution in [3.05, 3.63) is 28.2 Å². The predicted octanol–water partition coefficient (Wildman–Crippen LogP) is 3.66. The van der Waals surface area contributed by atoms with Crippen molar-refractivity contribution in [2.24, 2.45) is 5.73 Å². The van der Waals surface area contributed by atoms with Crippen molar-refractivity contribution < 1.29 is 9.47 Å². The highest BCUT2D eigenvalue weighted by Gasteiger charge is 2.08. The first-order chi connectivity index (χ1) is 8.69. The maximum absolute atomic E-state index is 6.14. The van der Waals surface area contributed by atoms with E-state index in [-0.39, 0.29) is 6.04 Å². The Balaban J connectivity index is 2.60. The molecular formula is C14H22BrNO2. The van der Waals surface area contributed by atoms with Gasteiger partial charge in [-0.1, -0.05) is 25.8 Å². The number of rotatable bonds is 8. The fourth-order valence-electron chi connectivity index (χ4n) is 1.69. The van der Waals surface area contributed by atoms with Crippen LogP contribution in [0.4, 0.5) is 0 Å². The Labute approximate surface area is 118 Å². The molecule has 2 N–H and O–H groups in total. The molecule has 0 spiro atoms. The zero-order chi connectivity index (χ0) is 13.4. The second-order valence-electron chi connectivity index (χ2n) is 4.28. The van der Waals surface area contributed by atoms with Crippen LogP contribution in [0.1, 0.15) is 37.8 Å². The van der Waals surface area contributed by atoms with Crippen molar-refractivity contribution >= 4 is 15.9 Å². The van der Waals surface area contributed by atoms with Crippen molar-refractivity contribution in [1.82, 2.24) is 0 Å². The summed E-state index contributed by atoms with van der Waals surface area (Å²) >= 11 is 3.51. The fourth-order valence-corrected chi connectivity index (χ4v) is 2.20. The molecule has 0 aliphatic rings. The number of methoxy groups -OCH3 is 1. The average Bonchev–Trinajstić information content (AvgIpc) is 2.38. The van der Waals surface area contributed by atoms with E-state index in [4.69, 9.17) is 15.2 Å². The third-order valence-electron chi connectivity index (χ3n) is 2.80. The van der Waals surface area contributed by atoms with E-state index in [0.717, 1.165) is 28.6 Å². The lowest BCUT2D eigenvalue weighted by molar-refractivity contribution is 0.146. The van der Waals surface area contributed by atoms with Crippen LogP contribution < -0.4 is 10.5 Å². The van der Waals surface area contributed by atoms with Gasteiger partial charge in [-0.05, 0) is 40.0 Å². The maximum atomic E-state index is 6.14. The third-order valence-corrected chi connectivity index (χ3v) is 3.42. The molecule has 0 aromatic heterocycles. The summed E-state index contributed by atoms with van der Waals surface area (Å²) in [4.78, 5) is 0. The molecule has 0 saturated heterocycles. The summed E-state index contributed by atoms with van der Waals surface area (Å²) in [5.74, 6) is 0.832. The summed E-state index contributed by atoms with van der Waals surface area (Å²) in [7, 11) is 1.66. The van der Waals surface area contributed by atoms with Gasteiger partial charge in [0.05, 0.1) is 11.1 Å². The van der Waals surface area contributed by atoms with Gasteiger partial charge >= 0.3 is 0 Å². The monoisotopic (exact) mass is 315 g/mol. The van der Waals surface area contributed by atoms with Crippen molar-refractivity contribution in [1.29, 1.82) is 0 Å². The van der Waals surface area contributed by atoms with E-state index in [1.807, 2.05) is 18.2 Å². The van der Waals surface area contributed by atoms with Gasteiger partial charge in [0.2, 0.25) is 0 Å². The first-order valence-corrected chi connectivity index (χ1v) is 7.15. The molecule has 1 aromatic carbocycles. The first-order valence-electron chi connectivity index (χ1n) is 6.35. The van der Waals surface area contributed by atoms with Gasteiger partial charge in [0.15, 0.2) is 0 Å².